The van der Waals surface area contributed by atoms with Crippen LogP contribution in [0.3, 0.4) is 0 Å². The molecule has 1 aromatic rings. The Kier molecular flexibility index (Phi) is 4.58. The summed E-state index contributed by atoms with van der Waals surface area (Å²) >= 11 is 0.881. The van der Waals surface area contributed by atoms with E-state index in [0.29, 0.717) is 12.8 Å². The predicted octanol–water partition coefficient (Wildman–Crippen LogP) is 3.47. The molecule has 5 heteroatoms. The van der Waals surface area contributed by atoms with Crippen molar-refractivity contribution in [2.24, 2.45) is 0 Å². The summed E-state index contributed by atoms with van der Waals surface area (Å²) in [5, 5.41) is -0.525. The molecule has 0 saturated carbocycles. The summed E-state index contributed by atoms with van der Waals surface area (Å²) in [6.07, 6.45) is 2.80. The van der Waals surface area contributed by atoms with Crippen molar-refractivity contribution in [2.75, 3.05) is 6.26 Å². The van der Waals surface area contributed by atoms with E-state index < -0.39 is 22.8 Å². The Morgan fingerprint density at radius 1 is 1.18 bits per heavy atom. The third kappa shape index (κ3) is 2.49. The van der Waals surface area contributed by atoms with Crippen molar-refractivity contribution >= 4 is 19.6 Å². The Hall–Kier alpha value is -0.575. The Bertz CT molecular complexity index is 417. The van der Waals surface area contributed by atoms with E-state index in [1.165, 1.54) is 6.26 Å². The van der Waals surface area contributed by atoms with Gasteiger partial charge in [0, 0.05) is 0 Å². The highest BCUT2D eigenvalue weighted by Gasteiger charge is 2.30. The molecule has 1 rings (SSSR count). The fourth-order valence-electron chi connectivity index (χ4n) is 1.84. The molecule has 1 aromatic carbocycles. The first-order valence-corrected chi connectivity index (χ1v) is 6.85. The molecule has 0 saturated heterocycles. The van der Waals surface area contributed by atoms with Gasteiger partial charge in [-0.1, -0.05) is 26.7 Å². The van der Waals surface area contributed by atoms with Crippen molar-refractivity contribution < 1.29 is 13.2 Å². The molecule has 0 radical (unpaired) electrons. The van der Waals surface area contributed by atoms with E-state index in [1.54, 1.807) is 0 Å². The lowest BCUT2D eigenvalue weighted by molar-refractivity contribution is 0.433. The molecule has 0 aliphatic heterocycles. The van der Waals surface area contributed by atoms with Gasteiger partial charge >= 0.3 is 0 Å². The SMILES string of the molecule is BC(CC)(CC)c1cc(F)c(SC)c(F)c1F. The highest BCUT2D eigenvalue weighted by Crippen LogP contribution is 2.35. The fourth-order valence-corrected chi connectivity index (χ4v) is 2.36. The second kappa shape index (κ2) is 5.38. The van der Waals surface area contributed by atoms with Crippen LogP contribution >= 0.6 is 11.8 Å². The van der Waals surface area contributed by atoms with Crippen molar-refractivity contribution in [1.29, 1.82) is 0 Å². The summed E-state index contributed by atoms with van der Waals surface area (Å²) in [5.74, 6) is -2.66. The minimum absolute atomic E-state index is 0.135. The van der Waals surface area contributed by atoms with Gasteiger partial charge in [0.1, 0.15) is 13.7 Å². The molecule has 0 amide bonds. The predicted molar refractivity (Wildman–Crippen MR) is 68.9 cm³/mol. The van der Waals surface area contributed by atoms with Crippen molar-refractivity contribution in [1.82, 2.24) is 0 Å². The van der Waals surface area contributed by atoms with Gasteiger partial charge in [0.05, 0.1) is 4.90 Å². The summed E-state index contributed by atoms with van der Waals surface area (Å²) in [6.45, 7) is 3.78. The average Bonchev–Trinajstić information content (AvgIpc) is 2.33. The lowest BCUT2D eigenvalue weighted by Crippen LogP contribution is -2.27. The molecule has 0 N–H and O–H groups in total. The smallest absolute Gasteiger partial charge is 0.175 e. The zero-order valence-corrected chi connectivity index (χ0v) is 11.4. The van der Waals surface area contributed by atoms with Gasteiger partial charge in [0.15, 0.2) is 11.6 Å². The van der Waals surface area contributed by atoms with Crippen LogP contribution in [-0.4, -0.2) is 14.1 Å². The lowest BCUT2D eigenvalue weighted by atomic mass is 9.60. The molecule has 0 bridgehead atoms. The number of halogens is 3. The fraction of sp³-hybridized carbons (Fsp3) is 0.500. The molecule has 17 heavy (non-hydrogen) atoms. The van der Waals surface area contributed by atoms with Gasteiger partial charge in [-0.3, -0.25) is 0 Å². The van der Waals surface area contributed by atoms with Gasteiger partial charge in [-0.2, -0.15) is 0 Å². The Balaban J connectivity index is 3.47. The number of benzene rings is 1. The first-order valence-electron chi connectivity index (χ1n) is 5.63. The second-order valence-electron chi connectivity index (χ2n) is 4.33. The van der Waals surface area contributed by atoms with Crippen LogP contribution in [0, 0.1) is 17.5 Å². The summed E-state index contributed by atoms with van der Waals surface area (Å²) in [5.41, 5.74) is 0.135. The summed E-state index contributed by atoms with van der Waals surface area (Å²) in [4.78, 5) is -0.249. The zero-order valence-electron chi connectivity index (χ0n) is 10.5. The quantitative estimate of drug-likeness (QED) is 0.453. The minimum atomic E-state index is -1.07. The molecule has 0 nitrogen and oxygen atoms in total. The minimum Gasteiger partial charge on any atom is -0.206 e. The summed E-state index contributed by atoms with van der Waals surface area (Å²) in [6, 6.07) is 1.14. The maximum absolute atomic E-state index is 13.9. The van der Waals surface area contributed by atoms with Crippen LogP contribution in [0.1, 0.15) is 32.3 Å². The van der Waals surface area contributed by atoms with Crippen molar-refractivity contribution in [2.45, 2.75) is 36.9 Å². The van der Waals surface area contributed by atoms with E-state index in [2.05, 4.69) is 0 Å². The van der Waals surface area contributed by atoms with Gasteiger partial charge in [0.25, 0.3) is 0 Å². The van der Waals surface area contributed by atoms with Crippen LogP contribution in [0.15, 0.2) is 11.0 Å². The molecule has 0 aromatic heterocycles. The molecular weight excluding hydrogens is 244 g/mol. The van der Waals surface area contributed by atoms with Gasteiger partial charge in [-0.25, -0.2) is 13.2 Å². The van der Waals surface area contributed by atoms with Crippen molar-refractivity contribution in [3.8, 4) is 0 Å². The molecule has 0 heterocycles. The van der Waals surface area contributed by atoms with Gasteiger partial charge in [-0.15, -0.1) is 11.8 Å². The van der Waals surface area contributed by atoms with Crippen LogP contribution in [0.25, 0.3) is 0 Å². The van der Waals surface area contributed by atoms with Crippen molar-refractivity contribution in [3.63, 3.8) is 0 Å². The Morgan fingerprint density at radius 2 is 1.71 bits per heavy atom. The molecule has 0 spiro atoms. The van der Waals surface area contributed by atoms with Crippen LogP contribution in [0.2, 0.25) is 0 Å². The number of thioether (sulfide) groups is 1. The number of rotatable bonds is 4. The second-order valence-corrected chi connectivity index (χ2v) is 5.15. The molecule has 0 fully saturated rings. The van der Waals surface area contributed by atoms with E-state index in [-0.39, 0.29) is 10.5 Å². The topological polar surface area (TPSA) is 0 Å². The molecule has 94 valence electrons. The summed E-state index contributed by atoms with van der Waals surface area (Å²) in [7, 11) is 1.82. The normalized spacial score (nSPS) is 11.9. The third-order valence-corrected chi connectivity index (χ3v) is 4.31. The standard InChI is InChI=1S/C12H16BF3S/c1-4-12(13,5-2)7-6-8(14)11(17-3)10(16)9(7)15/h6H,4-5,13H2,1-3H3. The number of hydrogen-bond donors (Lipinski definition) is 0. The maximum Gasteiger partial charge on any atom is 0.175 e. The van der Waals surface area contributed by atoms with Gasteiger partial charge in [-0.05, 0) is 23.2 Å². The highest BCUT2D eigenvalue weighted by atomic mass is 32.2. The molecule has 0 aliphatic rings. The number of hydrogen-bond acceptors (Lipinski definition) is 1. The van der Waals surface area contributed by atoms with Gasteiger partial charge in [0.2, 0.25) is 0 Å². The van der Waals surface area contributed by atoms with Crippen molar-refractivity contribution in [3.05, 3.63) is 29.1 Å². The van der Waals surface area contributed by atoms with Crippen LogP contribution in [-0.2, 0) is 5.31 Å². The maximum atomic E-state index is 13.9. The Labute approximate surface area is 105 Å². The summed E-state index contributed by atoms with van der Waals surface area (Å²) < 4.78 is 41.3. The third-order valence-electron chi connectivity index (χ3n) is 3.53. The van der Waals surface area contributed by atoms with Crippen LogP contribution in [0.5, 0.6) is 0 Å². The molecule has 0 aliphatic carbocycles. The van der Waals surface area contributed by atoms with Crippen LogP contribution in [0.4, 0.5) is 13.2 Å². The molecule has 0 unspecified atom stereocenters. The highest BCUT2D eigenvalue weighted by molar-refractivity contribution is 7.98. The van der Waals surface area contributed by atoms with E-state index >= 15 is 0 Å². The monoisotopic (exact) mass is 260 g/mol. The zero-order chi connectivity index (χ0) is 13.2. The van der Waals surface area contributed by atoms with Crippen LogP contribution < -0.4 is 0 Å². The molecular formula is C12H16BF3S. The first-order chi connectivity index (χ1) is 7.91. The van der Waals surface area contributed by atoms with E-state index in [1.807, 2.05) is 21.7 Å². The molecule has 0 atom stereocenters. The Morgan fingerprint density at radius 3 is 2.12 bits per heavy atom. The van der Waals surface area contributed by atoms with E-state index in [4.69, 9.17) is 0 Å². The average molecular weight is 260 g/mol. The van der Waals surface area contributed by atoms with Gasteiger partial charge < -0.3 is 0 Å². The van der Waals surface area contributed by atoms with E-state index in [0.717, 1.165) is 17.8 Å². The lowest BCUT2D eigenvalue weighted by Gasteiger charge is -2.28. The largest absolute Gasteiger partial charge is 0.206 e. The van der Waals surface area contributed by atoms with E-state index in [9.17, 15) is 13.2 Å². The first kappa shape index (κ1) is 14.5.